The highest BCUT2D eigenvalue weighted by Gasteiger charge is 2.16. The van der Waals surface area contributed by atoms with Gasteiger partial charge in [0.2, 0.25) is 0 Å². The first-order valence-electron chi connectivity index (χ1n) is 6.67. The number of hydrogen-bond acceptors (Lipinski definition) is 0. The van der Waals surface area contributed by atoms with E-state index in [9.17, 15) is 0 Å². The minimum absolute atomic E-state index is 0.0955. The van der Waals surface area contributed by atoms with Crippen LogP contribution in [0.1, 0.15) is 39.6 Å². The molecule has 2 heteroatoms. The van der Waals surface area contributed by atoms with Crippen LogP contribution in [0.5, 0.6) is 0 Å². The SMILES string of the molecule is Cc1cc(C(Cl)c2ccc3c(c2)CCC3)ccc1Cl. The zero-order valence-corrected chi connectivity index (χ0v) is 12.4. The summed E-state index contributed by atoms with van der Waals surface area (Å²) >= 11 is 12.7. The van der Waals surface area contributed by atoms with E-state index in [1.165, 1.54) is 36.0 Å². The molecule has 1 aliphatic carbocycles. The molecule has 0 N–H and O–H groups in total. The van der Waals surface area contributed by atoms with Crippen molar-refractivity contribution in [1.29, 1.82) is 0 Å². The van der Waals surface area contributed by atoms with Gasteiger partial charge in [-0.15, -0.1) is 11.6 Å². The molecule has 19 heavy (non-hydrogen) atoms. The Bertz CT molecular complexity index is 617. The molecule has 0 saturated heterocycles. The molecule has 3 rings (SSSR count). The quantitative estimate of drug-likeness (QED) is 0.644. The average molecular weight is 291 g/mol. The molecule has 0 heterocycles. The van der Waals surface area contributed by atoms with Crippen molar-refractivity contribution >= 4 is 23.2 Å². The molecule has 0 fully saturated rings. The molecule has 0 spiro atoms. The predicted octanol–water partition coefficient (Wildman–Crippen LogP) is 5.47. The van der Waals surface area contributed by atoms with Crippen molar-refractivity contribution < 1.29 is 0 Å². The highest BCUT2D eigenvalue weighted by molar-refractivity contribution is 6.31. The third-order valence-corrected chi connectivity index (χ3v) is 4.82. The van der Waals surface area contributed by atoms with E-state index >= 15 is 0 Å². The summed E-state index contributed by atoms with van der Waals surface area (Å²) in [6.07, 6.45) is 3.67. The summed E-state index contributed by atoms with van der Waals surface area (Å²) in [5, 5.41) is 0.698. The Hall–Kier alpha value is -0.980. The topological polar surface area (TPSA) is 0 Å². The Labute approximate surface area is 124 Å². The smallest absolute Gasteiger partial charge is 0.0835 e. The van der Waals surface area contributed by atoms with Crippen LogP contribution in [-0.2, 0) is 12.8 Å². The van der Waals surface area contributed by atoms with Gasteiger partial charge in [0.05, 0.1) is 5.38 Å². The maximum Gasteiger partial charge on any atom is 0.0835 e. The fraction of sp³-hybridized carbons (Fsp3) is 0.294. The fourth-order valence-corrected chi connectivity index (χ4v) is 3.16. The Morgan fingerprint density at radius 2 is 1.63 bits per heavy atom. The Kier molecular flexibility index (Phi) is 3.56. The number of rotatable bonds is 2. The minimum Gasteiger partial charge on any atom is -0.113 e. The molecule has 0 aromatic heterocycles. The van der Waals surface area contributed by atoms with Crippen LogP contribution >= 0.6 is 23.2 Å². The lowest BCUT2D eigenvalue weighted by Crippen LogP contribution is -1.96. The third kappa shape index (κ3) is 2.52. The number of hydrogen-bond donors (Lipinski definition) is 0. The summed E-state index contributed by atoms with van der Waals surface area (Å²) < 4.78 is 0. The molecule has 0 amide bonds. The summed E-state index contributed by atoms with van der Waals surface area (Å²) in [6, 6.07) is 12.7. The molecule has 0 saturated carbocycles. The fourth-order valence-electron chi connectivity index (χ4n) is 2.77. The van der Waals surface area contributed by atoms with Gasteiger partial charge in [0.1, 0.15) is 0 Å². The van der Waals surface area contributed by atoms with Gasteiger partial charge in [-0.25, -0.2) is 0 Å². The van der Waals surface area contributed by atoms with Gasteiger partial charge in [-0.1, -0.05) is 41.9 Å². The summed E-state index contributed by atoms with van der Waals surface area (Å²) in [6.45, 7) is 2.01. The number of aryl methyl sites for hydroxylation is 3. The molecule has 1 unspecified atom stereocenters. The maximum absolute atomic E-state index is 6.61. The molecule has 0 nitrogen and oxygen atoms in total. The second-order valence-electron chi connectivity index (χ2n) is 5.25. The van der Waals surface area contributed by atoms with Gasteiger partial charge in [0.15, 0.2) is 0 Å². The van der Waals surface area contributed by atoms with Crippen LogP contribution in [0.3, 0.4) is 0 Å². The van der Waals surface area contributed by atoms with Crippen LogP contribution in [-0.4, -0.2) is 0 Å². The third-order valence-electron chi connectivity index (χ3n) is 3.89. The molecule has 1 atom stereocenters. The van der Waals surface area contributed by atoms with Crippen molar-refractivity contribution in [3.8, 4) is 0 Å². The van der Waals surface area contributed by atoms with Gasteiger partial charge < -0.3 is 0 Å². The first-order valence-corrected chi connectivity index (χ1v) is 7.48. The number of alkyl halides is 1. The molecule has 2 aromatic carbocycles. The molecular formula is C17H16Cl2. The van der Waals surface area contributed by atoms with Crippen LogP contribution in [0.2, 0.25) is 5.02 Å². The van der Waals surface area contributed by atoms with E-state index in [1.54, 1.807) is 0 Å². The largest absolute Gasteiger partial charge is 0.113 e. The van der Waals surface area contributed by atoms with Gasteiger partial charge in [0.25, 0.3) is 0 Å². The average Bonchev–Trinajstić information content (AvgIpc) is 2.88. The Balaban J connectivity index is 1.94. The van der Waals surface area contributed by atoms with Gasteiger partial charge in [-0.3, -0.25) is 0 Å². The van der Waals surface area contributed by atoms with Crippen molar-refractivity contribution in [1.82, 2.24) is 0 Å². The lowest BCUT2D eigenvalue weighted by Gasteiger charge is -2.13. The lowest BCUT2D eigenvalue weighted by molar-refractivity contribution is 0.911. The zero-order valence-electron chi connectivity index (χ0n) is 10.9. The monoisotopic (exact) mass is 290 g/mol. The van der Waals surface area contributed by atoms with E-state index in [2.05, 4.69) is 24.3 Å². The Morgan fingerprint density at radius 1 is 0.947 bits per heavy atom. The second kappa shape index (κ2) is 5.19. The Morgan fingerprint density at radius 3 is 2.42 bits per heavy atom. The second-order valence-corrected chi connectivity index (χ2v) is 6.10. The van der Waals surface area contributed by atoms with Crippen molar-refractivity contribution in [2.24, 2.45) is 0 Å². The minimum atomic E-state index is -0.0955. The van der Waals surface area contributed by atoms with Crippen molar-refractivity contribution in [3.63, 3.8) is 0 Å². The van der Waals surface area contributed by atoms with Gasteiger partial charge in [-0.05, 0) is 60.1 Å². The van der Waals surface area contributed by atoms with E-state index in [0.717, 1.165) is 16.1 Å². The predicted molar refractivity (Wildman–Crippen MR) is 82.4 cm³/mol. The van der Waals surface area contributed by atoms with Crippen molar-refractivity contribution in [2.75, 3.05) is 0 Å². The summed E-state index contributed by atoms with van der Waals surface area (Å²) in [7, 11) is 0. The van der Waals surface area contributed by atoms with Gasteiger partial charge >= 0.3 is 0 Å². The normalized spacial score (nSPS) is 15.3. The van der Waals surface area contributed by atoms with Crippen molar-refractivity contribution in [2.45, 2.75) is 31.6 Å². The van der Waals surface area contributed by atoms with E-state index < -0.39 is 0 Å². The van der Waals surface area contributed by atoms with Crippen LogP contribution in [0.25, 0.3) is 0 Å². The highest BCUT2D eigenvalue weighted by Crippen LogP contribution is 2.33. The summed E-state index contributed by atoms with van der Waals surface area (Å²) in [4.78, 5) is 0. The van der Waals surface area contributed by atoms with E-state index in [-0.39, 0.29) is 5.38 Å². The lowest BCUT2D eigenvalue weighted by atomic mass is 9.99. The molecule has 1 aliphatic rings. The summed E-state index contributed by atoms with van der Waals surface area (Å²) in [5.41, 5.74) is 6.32. The first-order chi connectivity index (χ1) is 9.15. The van der Waals surface area contributed by atoms with Crippen LogP contribution < -0.4 is 0 Å². The molecule has 0 aliphatic heterocycles. The zero-order chi connectivity index (χ0) is 13.4. The number of fused-ring (bicyclic) bond motifs is 1. The van der Waals surface area contributed by atoms with E-state index in [1.807, 2.05) is 19.1 Å². The maximum atomic E-state index is 6.61. The first kappa shape index (κ1) is 13.0. The van der Waals surface area contributed by atoms with Crippen molar-refractivity contribution in [3.05, 3.63) is 69.2 Å². The molecule has 0 bridgehead atoms. The van der Waals surface area contributed by atoms with Crippen LogP contribution in [0.4, 0.5) is 0 Å². The number of halogens is 2. The molecule has 0 radical (unpaired) electrons. The molecular weight excluding hydrogens is 275 g/mol. The number of benzene rings is 2. The van der Waals surface area contributed by atoms with E-state index in [0.29, 0.717) is 0 Å². The van der Waals surface area contributed by atoms with Crippen LogP contribution in [0.15, 0.2) is 36.4 Å². The molecule has 98 valence electrons. The van der Waals surface area contributed by atoms with Gasteiger partial charge in [-0.2, -0.15) is 0 Å². The highest BCUT2D eigenvalue weighted by atomic mass is 35.5. The van der Waals surface area contributed by atoms with Gasteiger partial charge in [0, 0.05) is 5.02 Å². The standard InChI is InChI=1S/C17H16Cl2/c1-11-9-14(7-8-16(11)18)17(19)15-6-5-12-3-2-4-13(12)10-15/h5-10,17H,2-4H2,1H3. The molecule has 2 aromatic rings. The summed E-state index contributed by atoms with van der Waals surface area (Å²) in [5.74, 6) is 0. The van der Waals surface area contributed by atoms with E-state index in [4.69, 9.17) is 23.2 Å². The van der Waals surface area contributed by atoms with Crippen LogP contribution in [0, 0.1) is 6.92 Å².